The lowest BCUT2D eigenvalue weighted by atomic mass is 9.98. The Morgan fingerprint density at radius 1 is 1.75 bits per heavy atom. The highest BCUT2D eigenvalue weighted by Gasteiger charge is 2.27. The largest absolute Gasteiger partial charge is 0.445 e. The molecular formula is C8H14N2O2. The Kier molecular flexibility index (Phi) is 2.49. The molecule has 4 nitrogen and oxygen atoms in total. The summed E-state index contributed by atoms with van der Waals surface area (Å²) >= 11 is 0. The molecule has 0 radical (unpaired) electrons. The van der Waals surface area contributed by atoms with E-state index in [4.69, 9.17) is 10.2 Å². The molecule has 0 spiro atoms. The lowest BCUT2D eigenvalue weighted by Gasteiger charge is -2.19. The maximum Gasteiger partial charge on any atom is 0.181 e. The van der Waals surface area contributed by atoms with E-state index in [-0.39, 0.29) is 0 Å². The minimum Gasteiger partial charge on any atom is -0.445 e. The average Bonchev–Trinajstić information content (AvgIpc) is 2.35. The van der Waals surface area contributed by atoms with Gasteiger partial charge in [0.05, 0.1) is 5.69 Å². The Labute approximate surface area is 71.4 Å². The number of nitrogens with two attached hydrogens (primary N) is 1. The van der Waals surface area contributed by atoms with Gasteiger partial charge in [-0.2, -0.15) is 0 Å². The number of aromatic nitrogens is 1. The van der Waals surface area contributed by atoms with Crippen molar-refractivity contribution in [2.24, 2.45) is 5.73 Å². The predicted octanol–water partition coefficient (Wildman–Crippen LogP) is 0.539. The van der Waals surface area contributed by atoms with Crippen molar-refractivity contribution >= 4 is 0 Å². The van der Waals surface area contributed by atoms with E-state index in [1.807, 2.05) is 0 Å². The van der Waals surface area contributed by atoms with Gasteiger partial charge in [-0.1, -0.05) is 0 Å². The Hall–Kier alpha value is -0.870. The molecule has 1 aromatic rings. The van der Waals surface area contributed by atoms with Crippen LogP contribution < -0.4 is 5.73 Å². The highest BCUT2D eigenvalue weighted by atomic mass is 16.4. The lowest BCUT2D eigenvalue weighted by molar-refractivity contribution is 0.0270. The van der Waals surface area contributed by atoms with Gasteiger partial charge >= 0.3 is 0 Å². The maximum absolute atomic E-state index is 9.84. The van der Waals surface area contributed by atoms with E-state index in [0.29, 0.717) is 24.4 Å². The second-order valence-corrected chi connectivity index (χ2v) is 3.08. The molecule has 0 bridgehead atoms. The first kappa shape index (κ1) is 9.22. The Balaban J connectivity index is 2.88. The predicted molar refractivity (Wildman–Crippen MR) is 44.5 cm³/mol. The van der Waals surface area contributed by atoms with E-state index >= 15 is 0 Å². The molecule has 0 saturated heterocycles. The second kappa shape index (κ2) is 3.25. The molecule has 0 aromatic carbocycles. The van der Waals surface area contributed by atoms with Gasteiger partial charge in [-0.25, -0.2) is 4.98 Å². The minimum absolute atomic E-state index is 0.424. The van der Waals surface area contributed by atoms with Crippen molar-refractivity contribution in [3.05, 3.63) is 17.8 Å². The summed E-state index contributed by atoms with van der Waals surface area (Å²) in [6, 6.07) is 0. The quantitative estimate of drug-likeness (QED) is 0.694. The molecule has 0 aliphatic carbocycles. The summed E-state index contributed by atoms with van der Waals surface area (Å²) in [5.41, 5.74) is 5.07. The smallest absolute Gasteiger partial charge is 0.181 e. The monoisotopic (exact) mass is 170 g/mol. The molecule has 0 aliphatic rings. The van der Waals surface area contributed by atoms with E-state index in [9.17, 15) is 5.11 Å². The summed E-state index contributed by atoms with van der Waals surface area (Å²) < 4.78 is 5.06. The third-order valence-electron chi connectivity index (χ3n) is 1.87. The average molecular weight is 170 g/mol. The van der Waals surface area contributed by atoms with Crippen LogP contribution in [0.15, 0.2) is 10.8 Å². The van der Waals surface area contributed by atoms with Crippen LogP contribution in [0.25, 0.3) is 0 Å². The van der Waals surface area contributed by atoms with Gasteiger partial charge in [0.15, 0.2) is 12.2 Å². The molecule has 1 heterocycles. The summed E-state index contributed by atoms with van der Waals surface area (Å²) in [4.78, 5) is 3.90. The zero-order chi connectivity index (χ0) is 9.19. The highest BCUT2D eigenvalue weighted by molar-refractivity contribution is 5.12. The van der Waals surface area contributed by atoms with Crippen LogP contribution >= 0.6 is 0 Å². The summed E-state index contributed by atoms with van der Waals surface area (Å²) in [6.07, 6.45) is 1.80. The van der Waals surface area contributed by atoms with Crippen molar-refractivity contribution < 1.29 is 9.52 Å². The molecule has 0 amide bonds. The fourth-order valence-electron chi connectivity index (χ4n) is 1.21. The fraction of sp³-hybridized carbons (Fsp3) is 0.625. The SMILES string of the molecule is Cc1ncoc1C(C)(O)CCN. The second-order valence-electron chi connectivity index (χ2n) is 3.08. The molecule has 4 heteroatoms. The number of rotatable bonds is 3. The van der Waals surface area contributed by atoms with Crippen molar-refractivity contribution in [2.45, 2.75) is 25.9 Å². The molecule has 12 heavy (non-hydrogen) atoms. The van der Waals surface area contributed by atoms with Crippen molar-refractivity contribution in [1.29, 1.82) is 0 Å². The van der Waals surface area contributed by atoms with Crippen LogP contribution in [0.4, 0.5) is 0 Å². The Morgan fingerprint density at radius 3 is 2.83 bits per heavy atom. The zero-order valence-corrected chi connectivity index (χ0v) is 7.37. The molecular weight excluding hydrogens is 156 g/mol. The number of oxazole rings is 1. The lowest BCUT2D eigenvalue weighted by Crippen LogP contribution is -2.25. The van der Waals surface area contributed by atoms with Gasteiger partial charge in [-0.3, -0.25) is 0 Å². The number of aryl methyl sites for hydroxylation is 1. The van der Waals surface area contributed by atoms with Crippen LogP contribution in [0.3, 0.4) is 0 Å². The van der Waals surface area contributed by atoms with Crippen molar-refractivity contribution in [1.82, 2.24) is 4.98 Å². The molecule has 68 valence electrons. The van der Waals surface area contributed by atoms with Crippen molar-refractivity contribution in [3.8, 4) is 0 Å². The zero-order valence-electron chi connectivity index (χ0n) is 7.37. The topological polar surface area (TPSA) is 72.3 Å². The summed E-state index contributed by atoms with van der Waals surface area (Å²) in [7, 11) is 0. The summed E-state index contributed by atoms with van der Waals surface area (Å²) in [5, 5.41) is 9.84. The maximum atomic E-state index is 9.84. The molecule has 3 N–H and O–H groups in total. The third kappa shape index (κ3) is 1.65. The van der Waals surface area contributed by atoms with Gasteiger partial charge in [0.1, 0.15) is 5.60 Å². The first-order valence-corrected chi connectivity index (χ1v) is 3.91. The molecule has 0 saturated carbocycles. The van der Waals surface area contributed by atoms with Gasteiger partial charge < -0.3 is 15.3 Å². The Bertz CT molecular complexity index is 255. The van der Waals surface area contributed by atoms with Crippen LogP contribution in [0.1, 0.15) is 24.8 Å². The molecule has 0 fully saturated rings. The third-order valence-corrected chi connectivity index (χ3v) is 1.87. The fourth-order valence-corrected chi connectivity index (χ4v) is 1.21. The number of nitrogens with zero attached hydrogens (tertiary/aromatic N) is 1. The molecule has 1 atom stereocenters. The van der Waals surface area contributed by atoms with Gasteiger partial charge in [-0.15, -0.1) is 0 Å². The molecule has 1 unspecified atom stereocenters. The number of hydrogen-bond donors (Lipinski definition) is 2. The van der Waals surface area contributed by atoms with E-state index in [2.05, 4.69) is 4.98 Å². The van der Waals surface area contributed by atoms with Crippen LogP contribution in [0.5, 0.6) is 0 Å². The molecule has 1 aromatic heterocycles. The minimum atomic E-state index is -0.991. The van der Waals surface area contributed by atoms with Crippen LogP contribution in [-0.4, -0.2) is 16.6 Å². The first-order valence-electron chi connectivity index (χ1n) is 3.91. The highest BCUT2D eigenvalue weighted by Crippen LogP contribution is 2.25. The summed E-state index contributed by atoms with van der Waals surface area (Å²) in [6.45, 7) is 3.89. The van der Waals surface area contributed by atoms with Gasteiger partial charge in [0, 0.05) is 0 Å². The number of aliphatic hydroxyl groups is 1. The van der Waals surface area contributed by atoms with Crippen molar-refractivity contribution in [3.63, 3.8) is 0 Å². The normalized spacial score (nSPS) is 16.0. The van der Waals surface area contributed by atoms with Gasteiger partial charge in [0.2, 0.25) is 0 Å². The van der Waals surface area contributed by atoms with Crippen LogP contribution in [0.2, 0.25) is 0 Å². The standard InChI is InChI=1S/C8H14N2O2/c1-6-7(12-5-10-6)8(2,11)3-4-9/h5,11H,3-4,9H2,1-2H3. The van der Waals surface area contributed by atoms with Gasteiger partial charge in [0.25, 0.3) is 0 Å². The summed E-state index contributed by atoms with van der Waals surface area (Å²) in [5.74, 6) is 0.507. The van der Waals surface area contributed by atoms with E-state index in [0.717, 1.165) is 0 Å². The molecule has 0 aliphatic heterocycles. The molecule has 1 rings (SSSR count). The van der Waals surface area contributed by atoms with Crippen LogP contribution in [-0.2, 0) is 5.60 Å². The Morgan fingerprint density at radius 2 is 2.42 bits per heavy atom. The van der Waals surface area contributed by atoms with Crippen LogP contribution in [0, 0.1) is 6.92 Å². The first-order chi connectivity index (χ1) is 5.58. The number of hydrogen-bond acceptors (Lipinski definition) is 4. The van der Waals surface area contributed by atoms with E-state index < -0.39 is 5.60 Å². The van der Waals surface area contributed by atoms with Gasteiger partial charge in [-0.05, 0) is 26.8 Å². The van der Waals surface area contributed by atoms with E-state index in [1.54, 1.807) is 13.8 Å². The van der Waals surface area contributed by atoms with E-state index in [1.165, 1.54) is 6.39 Å². The van der Waals surface area contributed by atoms with Crippen molar-refractivity contribution in [2.75, 3.05) is 6.54 Å².